The van der Waals surface area contributed by atoms with E-state index >= 15 is 0 Å². The lowest BCUT2D eigenvalue weighted by Gasteiger charge is -2.38. The van der Waals surface area contributed by atoms with Crippen LogP contribution in [0.3, 0.4) is 0 Å². The first-order valence-electron chi connectivity index (χ1n) is 9.14. The lowest BCUT2D eigenvalue weighted by atomic mass is 10.2. The van der Waals surface area contributed by atoms with Gasteiger partial charge in [0, 0.05) is 29.8 Å². The van der Waals surface area contributed by atoms with Crippen molar-refractivity contribution < 1.29 is 4.74 Å². The monoisotopic (exact) mass is 408 g/mol. The van der Waals surface area contributed by atoms with Crippen LogP contribution in [0.2, 0.25) is 5.02 Å². The molecule has 0 saturated heterocycles. The fourth-order valence-electron chi connectivity index (χ4n) is 3.13. The van der Waals surface area contributed by atoms with Crippen LogP contribution in [0.5, 0.6) is 5.75 Å². The first-order valence-corrected chi connectivity index (χ1v) is 9.52. The number of nitrogens with one attached hydrogen (secondary N) is 2. The van der Waals surface area contributed by atoms with Crippen molar-refractivity contribution in [3.8, 4) is 5.75 Å². The van der Waals surface area contributed by atoms with Gasteiger partial charge in [0.25, 0.3) is 0 Å². The van der Waals surface area contributed by atoms with Gasteiger partial charge in [-0.05, 0) is 36.4 Å². The standard InChI is InChI=1S/C21H21ClN6O/c1-29-19-5-3-2-4-18(19)28(15-21-25-12-13-26-21)27(14-20-23-10-11-24-20)17-8-6-16(22)7-9-17/h2-13H,14-15H2,1H3,(H,23,24)(H,25,26). The summed E-state index contributed by atoms with van der Waals surface area (Å²) in [5, 5.41) is 4.92. The largest absolute Gasteiger partial charge is 0.495 e. The highest BCUT2D eigenvalue weighted by molar-refractivity contribution is 6.30. The van der Waals surface area contributed by atoms with Crippen molar-refractivity contribution in [2.45, 2.75) is 13.1 Å². The number of rotatable bonds is 8. The quantitative estimate of drug-likeness (QED) is 0.422. The van der Waals surface area contributed by atoms with Crippen molar-refractivity contribution in [1.82, 2.24) is 19.9 Å². The number of ether oxygens (including phenoxy) is 1. The molecule has 0 saturated carbocycles. The smallest absolute Gasteiger partial charge is 0.144 e. The maximum Gasteiger partial charge on any atom is 0.144 e. The predicted octanol–water partition coefficient (Wildman–Crippen LogP) is 4.42. The molecule has 7 nitrogen and oxygen atoms in total. The molecule has 4 aromatic rings. The number of H-pyrrole nitrogens is 2. The molecule has 2 aromatic carbocycles. The summed E-state index contributed by atoms with van der Waals surface area (Å²) < 4.78 is 5.64. The zero-order valence-corrected chi connectivity index (χ0v) is 16.7. The Labute approximate surface area is 173 Å². The molecule has 0 bridgehead atoms. The van der Waals surface area contributed by atoms with Gasteiger partial charge in [0.1, 0.15) is 17.4 Å². The molecule has 8 heteroatoms. The molecule has 0 fully saturated rings. The van der Waals surface area contributed by atoms with Gasteiger partial charge in [0.05, 0.1) is 31.6 Å². The molecule has 29 heavy (non-hydrogen) atoms. The van der Waals surface area contributed by atoms with Gasteiger partial charge in [0.15, 0.2) is 0 Å². The third-order valence-electron chi connectivity index (χ3n) is 4.49. The summed E-state index contributed by atoms with van der Waals surface area (Å²) in [7, 11) is 1.67. The Kier molecular flexibility index (Phi) is 5.67. The number of imidazole rings is 2. The topological polar surface area (TPSA) is 73.1 Å². The van der Waals surface area contributed by atoms with Crippen LogP contribution in [0.1, 0.15) is 11.6 Å². The number of anilines is 2. The van der Waals surface area contributed by atoms with Crippen LogP contribution in [0.15, 0.2) is 73.3 Å². The summed E-state index contributed by atoms with van der Waals surface area (Å²) in [6, 6.07) is 15.6. The van der Waals surface area contributed by atoms with Crippen LogP contribution in [-0.2, 0) is 13.1 Å². The Morgan fingerprint density at radius 2 is 1.48 bits per heavy atom. The highest BCUT2D eigenvalue weighted by Crippen LogP contribution is 2.33. The average molecular weight is 409 g/mol. The number of para-hydroxylation sites is 2. The number of hydrogen-bond donors (Lipinski definition) is 2. The molecule has 4 rings (SSSR count). The summed E-state index contributed by atoms with van der Waals surface area (Å²) in [6.07, 6.45) is 7.12. The Morgan fingerprint density at radius 1 is 0.862 bits per heavy atom. The van der Waals surface area contributed by atoms with Crippen LogP contribution in [0.4, 0.5) is 11.4 Å². The lowest BCUT2D eigenvalue weighted by molar-refractivity contribution is 0.413. The molecule has 2 N–H and O–H groups in total. The second kappa shape index (κ2) is 8.70. The molecular formula is C21H21ClN6O. The zero-order chi connectivity index (χ0) is 20.1. The van der Waals surface area contributed by atoms with Crippen molar-refractivity contribution in [3.05, 3.63) is 90.0 Å². The molecule has 148 valence electrons. The number of methoxy groups -OCH3 is 1. The van der Waals surface area contributed by atoms with E-state index in [2.05, 4.69) is 30.0 Å². The fraction of sp³-hybridized carbons (Fsp3) is 0.143. The van der Waals surface area contributed by atoms with Gasteiger partial charge in [0.2, 0.25) is 0 Å². The molecular weight excluding hydrogens is 388 g/mol. The normalized spacial score (nSPS) is 10.7. The molecule has 0 atom stereocenters. The third kappa shape index (κ3) is 4.35. The Balaban J connectivity index is 1.81. The van der Waals surface area contributed by atoms with E-state index in [1.807, 2.05) is 60.9 Å². The number of hydrazine groups is 1. The van der Waals surface area contributed by atoms with Crippen LogP contribution in [0, 0.1) is 0 Å². The van der Waals surface area contributed by atoms with Gasteiger partial charge in [-0.15, -0.1) is 0 Å². The molecule has 0 aliphatic heterocycles. The Hall–Kier alpha value is -3.45. The van der Waals surface area contributed by atoms with E-state index in [1.165, 1.54) is 0 Å². The first-order chi connectivity index (χ1) is 14.2. The number of nitrogens with zero attached hydrogens (tertiary/aromatic N) is 4. The molecule has 2 aromatic heterocycles. The maximum atomic E-state index is 6.13. The summed E-state index contributed by atoms with van der Waals surface area (Å²) in [6.45, 7) is 1.03. The molecule has 2 heterocycles. The van der Waals surface area contributed by atoms with Crippen molar-refractivity contribution >= 4 is 23.0 Å². The Morgan fingerprint density at radius 3 is 2.07 bits per heavy atom. The number of aromatic amines is 2. The van der Waals surface area contributed by atoms with Crippen LogP contribution < -0.4 is 14.8 Å². The van der Waals surface area contributed by atoms with Gasteiger partial charge in [-0.2, -0.15) is 0 Å². The highest BCUT2D eigenvalue weighted by atomic mass is 35.5. The van der Waals surface area contributed by atoms with Gasteiger partial charge >= 0.3 is 0 Å². The van der Waals surface area contributed by atoms with E-state index in [0.717, 1.165) is 28.8 Å². The summed E-state index contributed by atoms with van der Waals surface area (Å²) in [5.74, 6) is 2.42. The van der Waals surface area contributed by atoms with Crippen molar-refractivity contribution in [2.75, 3.05) is 17.1 Å². The minimum Gasteiger partial charge on any atom is -0.495 e. The minimum atomic E-state index is 0.511. The average Bonchev–Trinajstić information content (AvgIpc) is 3.45. The van der Waals surface area contributed by atoms with E-state index in [-0.39, 0.29) is 0 Å². The van der Waals surface area contributed by atoms with E-state index in [9.17, 15) is 0 Å². The van der Waals surface area contributed by atoms with E-state index in [4.69, 9.17) is 16.3 Å². The summed E-state index contributed by atoms with van der Waals surface area (Å²) in [5.41, 5.74) is 1.87. The third-order valence-corrected chi connectivity index (χ3v) is 4.74. The highest BCUT2D eigenvalue weighted by Gasteiger charge is 2.22. The molecule has 0 unspecified atom stereocenters. The van der Waals surface area contributed by atoms with Gasteiger partial charge < -0.3 is 14.7 Å². The number of aromatic nitrogens is 4. The van der Waals surface area contributed by atoms with E-state index in [0.29, 0.717) is 18.1 Å². The first kappa shape index (κ1) is 18.9. The molecule has 0 aliphatic carbocycles. The Bertz CT molecular complexity index is 1020. The summed E-state index contributed by atoms with van der Waals surface area (Å²) >= 11 is 6.13. The summed E-state index contributed by atoms with van der Waals surface area (Å²) in [4.78, 5) is 15.2. The second-order valence-electron chi connectivity index (χ2n) is 6.34. The number of hydrogen-bond acceptors (Lipinski definition) is 5. The fourth-order valence-corrected chi connectivity index (χ4v) is 3.25. The minimum absolute atomic E-state index is 0.511. The van der Waals surface area contributed by atoms with Crippen LogP contribution in [-0.4, -0.2) is 27.0 Å². The van der Waals surface area contributed by atoms with Crippen molar-refractivity contribution in [3.63, 3.8) is 0 Å². The van der Waals surface area contributed by atoms with Crippen molar-refractivity contribution in [1.29, 1.82) is 0 Å². The van der Waals surface area contributed by atoms with E-state index in [1.54, 1.807) is 19.5 Å². The molecule has 0 spiro atoms. The van der Waals surface area contributed by atoms with Gasteiger partial charge in [-0.1, -0.05) is 23.7 Å². The van der Waals surface area contributed by atoms with Crippen LogP contribution >= 0.6 is 11.6 Å². The van der Waals surface area contributed by atoms with Gasteiger partial charge in [-0.25, -0.2) is 9.97 Å². The van der Waals surface area contributed by atoms with E-state index < -0.39 is 0 Å². The number of benzene rings is 2. The second-order valence-corrected chi connectivity index (χ2v) is 6.77. The zero-order valence-electron chi connectivity index (χ0n) is 15.9. The molecule has 0 radical (unpaired) electrons. The SMILES string of the molecule is COc1ccccc1N(Cc1ncc[nH]1)N(Cc1ncc[nH]1)c1ccc(Cl)cc1. The van der Waals surface area contributed by atoms with Gasteiger partial charge in [-0.3, -0.25) is 10.0 Å². The molecule has 0 aliphatic rings. The lowest BCUT2D eigenvalue weighted by Crippen LogP contribution is -2.43. The maximum absolute atomic E-state index is 6.13. The molecule has 0 amide bonds. The van der Waals surface area contributed by atoms with Crippen LogP contribution in [0.25, 0.3) is 0 Å². The number of halogens is 1. The predicted molar refractivity (Wildman–Crippen MR) is 114 cm³/mol. The van der Waals surface area contributed by atoms with Crippen molar-refractivity contribution in [2.24, 2.45) is 0 Å².